The van der Waals surface area contributed by atoms with Crippen LogP contribution < -0.4 is 0 Å². The number of aryl methyl sites for hydroxylation is 1. The van der Waals surface area contributed by atoms with Gasteiger partial charge in [0.15, 0.2) is 0 Å². The van der Waals surface area contributed by atoms with E-state index < -0.39 is 15.8 Å². The fraction of sp³-hybridized carbons (Fsp3) is 0.273. The van der Waals surface area contributed by atoms with E-state index in [1.807, 2.05) is 0 Å². The van der Waals surface area contributed by atoms with Crippen molar-refractivity contribution in [2.75, 3.05) is 7.05 Å². The van der Waals surface area contributed by atoms with Crippen molar-refractivity contribution in [3.05, 3.63) is 42.2 Å². The van der Waals surface area contributed by atoms with Crippen LogP contribution in [0.5, 0.6) is 0 Å². The standard InChI is InChI=1S/C11H13FN4O2S/c1-15(7-11-13-8-14-16(11)2)19(17,18)10-6-4-3-5-9(10)12/h3-6,8H,7H2,1-2H3. The second-order valence-corrected chi connectivity index (χ2v) is 6.00. The van der Waals surface area contributed by atoms with Crippen molar-refractivity contribution in [1.29, 1.82) is 0 Å². The SMILES string of the molecule is CN(Cc1ncnn1C)S(=O)(=O)c1ccccc1F. The summed E-state index contributed by atoms with van der Waals surface area (Å²) in [6.45, 7) is 0.0210. The van der Waals surface area contributed by atoms with Crippen LogP contribution in [-0.2, 0) is 23.6 Å². The highest BCUT2D eigenvalue weighted by atomic mass is 32.2. The second-order valence-electron chi connectivity index (χ2n) is 3.99. The average molecular weight is 284 g/mol. The Hall–Kier alpha value is -1.80. The summed E-state index contributed by atoms with van der Waals surface area (Å²) >= 11 is 0. The van der Waals surface area contributed by atoms with E-state index in [0.29, 0.717) is 5.82 Å². The van der Waals surface area contributed by atoms with Crippen molar-refractivity contribution in [3.63, 3.8) is 0 Å². The van der Waals surface area contributed by atoms with Gasteiger partial charge in [-0.25, -0.2) is 17.8 Å². The zero-order valence-corrected chi connectivity index (χ0v) is 11.3. The molecule has 0 amide bonds. The molecule has 2 rings (SSSR count). The van der Waals surface area contributed by atoms with E-state index in [-0.39, 0.29) is 11.4 Å². The van der Waals surface area contributed by atoms with Gasteiger partial charge in [0.2, 0.25) is 10.0 Å². The van der Waals surface area contributed by atoms with Crippen LogP contribution in [0, 0.1) is 5.82 Å². The zero-order valence-electron chi connectivity index (χ0n) is 10.5. The quantitative estimate of drug-likeness (QED) is 0.832. The number of benzene rings is 1. The van der Waals surface area contributed by atoms with Gasteiger partial charge in [0.1, 0.15) is 22.9 Å². The minimum absolute atomic E-state index is 0.0210. The van der Waals surface area contributed by atoms with Crippen LogP contribution in [0.4, 0.5) is 4.39 Å². The molecule has 1 aromatic carbocycles. The third-order valence-corrected chi connectivity index (χ3v) is 4.53. The van der Waals surface area contributed by atoms with Gasteiger partial charge in [-0.3, -0.25) is 4.68 Å². The zero-order chi connectivity index (χ0) is 14.0. The second kappa shape index (κ2) is 5.06. The molecule has 0 N–H and O–H groups in total. The molecule has 1 heterocycles. The molecular weight excluding hydrogens is 271 g/mol. The largest absolute Gasteiger partial charge is 0.252 e. The maximum atomic E-state index is 13.6. The van der Waals surface area contributed by atoms with Crippen molar-refractivity contribution in [3.8, 4) is 0 Å². The predicted molar refractivity (Wildman–Crippen MR) is 66.1 cm³/mol. The van der Waals surface area contributed by atoms with Gasteiger partial charge in [-0.15, -0.1) is 0 Å². The topological polar surface area (TPSA) is 68.1 Å². The molecule has 0 aliphatic carbocycles. The first-order valence-corrected chi connectivity index (χ1v) is 6.90. The highest BCUT2D eigenvalue weighted by Gasteiger charge is 2.25. The van der Waals surface area contributed by atoms with E-state index in [0.717, 1.165) is 10.4 Å². The first kappa shape index (κ1) is 13.6. The third-order valence-electron chi connectivity index (χ3n) is 2.69. The molecule has 0 atom stereocenters. The summed E-state index contributed by atoms with van der Waals surface area (Å²) in [5.74, 6) is -0.297. The Kier molecular flexibility index (Phi) is 3.63. The van der Waals surface area contributed by atoms with E-state index in [2.05, 4.69) is 10.1 Å². The summed E-state index contributed by atoms with van der Waals surface area (Å²) in [6, 6.07) is 5.27. The maximum Gasteiger partial charge on any atom is 0.246 e. The Bertz CT molecular complexity index is 684. The van der Waals surface area contributed by atoms with Crippen LogP contribution in [0.15, 0.2) is 35.5 Å². The fourth-order valence-electron chi connectivity index (χ4n) is 1.57. The van der Waals surface area contributed by atoms with E-state index in [4.69, 9.17) is 0 Å². The van der Waals surface area contributed by atoms with Crippen molar-refractivity contribution in [1.82, 2.24) is 19.1 Å². The predicted octanol–water partition coefficient (Wildman–Crippen LogP) is 0.775. The van der Waals surface area contributed by atoms with Crippen LogP contribution in [0.25, 0.3) is 0 Å². The van der Waals surface area contributed by atoms with Gasteiger partial charge in [-0.05, 0) is 12.1 Å². The van der Waals surface area contributed by atoms with Crippen LogP contribution in [-0.4, -0.2) is 34.5 Å². The number of nitrogens with zero attached hydrogens (tertiary/aromatic N) is 4. The molecular formula is C11H13FN4O2S. The van der Waals surface area contributed by atoms with Crippen LogP contribution in [0.2, 0.25) is 0 Å². The molecule has 1 aromatic heterocycles. The summed E-state index contributed by atoms with van der Waals surface area (Å²) in [5.41, 5.74) is 0. The normalized spacial score (nSPS) is 12.0. The monoisotopic (exact) mass is 284 g/mol. The molecule has 0 aliphatic rings. The summed E-state index contributed by atoms with van der Waals surface area (Å²) < 4.78 is 40.5. The molecule has 0 saturated carbocycles. The van der Waals surface area contributed by atoms with Crippen LogP contribution in [0.1, 0.15) is 5.82 Å². The smallest absolute Gasteiger partial charge is 0.246 e. The highest BCUT2D eigenvalue weighted by molar-refractivity contribution is 7.89. The highest BCUT2D eigenvalue weighted by Crippen LogP contribution is 2.18. The number of aromatic nitrogens is 3. The number of sulfonamides is 1. The summed E-state index contributed by atoms with van der Waals surface area (Å²) in [7, 11) is -0.855. The van der Waals surface area contributed by atoms with Gasteiger partial charge in [-0.2, -0.15) is 9.40 Å². The summed E-state index contributed by atoms with van der Waals surface area (Å²) in [4.78, 5) is 3.59. The first-order chi connectivity index (χ1) is 8.93. The molecule has 2 aromatic rings. The molecule has 0 radical (unpaired) electrons. The molecule has 19 heavy (non-hydrogen) atoms. The molecule has 0 bridgehead atoms. The molecule has 8 heteroatoms. The van der Waals surface area contributed by atoms with Crippen molar-refractivity contribution in [2.24, 2.45) is 7.05 Å². The minimum Gasteiger partial charge on any atom is -0.252 e. The first-order valence-electron chi connectivity index (χ1n) is 5.46. The van der Waals surface area contributed by atoms with E-state index in [1.54, 1.807) is 7.05 Å². The number of rotatable bonds is 4. The molecule has 0 spiro atoms. The van der Waals surface area contributed by atoms with Gasteiger partial charge in [0, 0.05) is 14.1 Å². The minimum atomic E-state index is -3.89. The van der Waals surface area contributed by atoms with Crippen LogP contribution in [0.3, 0.4) is 0 Å². The lowest BCUT2D eigenvalue weighted by atomic mass is 10.4. The van der Waals surface area contributed by atoms with Gasteiger partial charge < -0.3 is 0 Å². The lowest BCUT2D eigenvalue weighted by Crippen LogP contribution is -2.28. The third kappa shape index (κ3) is 2.64. The van der Waals surface area contributed by atoms with Crippen molar-refractivity contribution >= 4 is 10.0 Å². The Morgan fingerprint density at radius 1 is 1.37 bits per heavy atom. The molecule has 0 saturated heterocycles. The summed E-state index contributed by atoms with van der Waals surface area (Å²) in [6.07, 6.45) is 1.33. The number of halogens is 1. The molecule has 102 valence electrons. The van der Waals surface area contributed by atoms with E-state index >= 15 is 0 Å². The van der Waals surface area contributed by atoms with E-state index in [1.165, 1.54) is 36.3 Å². The Labute approximate surface area is 110 Å². The van der Waals surface area contributed by atoms with Crippen LogP contribution >= 0.6 is 0 Å². The van der Waals surface area contributed by atoms with Crippen molar-refractivity contribution in [2.45, 2.75) is 11.4 Å². The van der Waals surface area contributed by atoms with Gasteiger partial charge in [-0.1, -0.05) is 12.1 Å². The van der Waals surface area contributed by atoms with E-state index in [9.17, 15) is 12.8 Å². The van der Waals surface area contributed by atoms with Gasteiger partial charge >= 0.3 is 0 Å². The fourth-order valence-corrected chi connectivity index (χ4v) is 2.76. The number of hydrogen-bond donors (Lipinski definition) is 0. The molecule has 0 fully saturated rings. The summed E-state index contributed by atoms with van der Waals surface area (Å²) in [5, 5.41) is 3.85. The average Bonchev–Trinajstić information content (AvgIpc) is 2.75. The Morgan fingerprint density at radius 2 is 2.05 bits per heavy atom. The van der Waals surface area contributed by atoms with Gasteiger partial charge in [0.05, 0.1) is 6.54 Å². The lowest BCUT2D eigenvalue weighted by Gasteiger charge is -2.16. The number of hydrogen-bond acceptors (Lipinski definition) is 4. The maximum absolute atomic E-state index is 13.6. The Morgan fingerprint density at radius 3 is 2.63 bits per heavy atom. The molecule has 0 aliphatic heterocycles. The lowest BCUT2D eigenvalue weighted by molar-refractivity contribution is 0.442. The molecule has 0 unspecified atom stereocenters. The van der Waals surface area contributed by atoms with Crippen molar-refractivity contribution < 1.29 is 12.8 Å². The molecule has 6 nitrogen and oxygen atoms in total. The van der Waals surface area contributed by atoms with Gasteiger partial charge in [0.25, 0.3) is 0 Å². The Balaban J connectivity index is 2.30.